The van der Waals surface area contributed by atoms with Crippen molar-refractivity contribution < 1.29 is 19.4 Å². The van der Waals surface area contributed by atoms with Gasteiger partial charge in [0.25, 0.3) is 0 Å². The smallest absolute Gasteiger partial charge is 0.310 e. The van der Waals surface area contributed by atoms with E-state index in [9.17, 15) is 14.7 Å². The zero-order valence-corrected chi connectivity index (χ0v) is 10.0. The van der Waals surface area contributed by atoms with Gasteiger partial charge in [0.15, 0.2) is 0 Å². The van der Waals surface area contributed by atoms with Crippen molar-refractivity contribution in [2.24, 2.45) is 11.8 Å². The molecule has 1 aromatic carbocycles. The van der Waals surface area contributed by atoms with Gasteiger partial charge in [-0.15, -0.1) is 0 Å². The topological polar surface area (TPSA) is 75.6 Å². The summed E-state index contributed by atoms with van der Waals surface area (Å²) in [6, 6.07) is 8.98. The normalized spacial score (nSPS) is 31.4. The fourth-order valence-electron chi connectivity index (χ4n) is 2.66. The van der Waals surface area contributed by atoms with E-state index in [1.807, 2.05) is 18.2 Å². The second-order valence-corrected chi connectivity index (χ2v) is 4.70. The van der Waals surface area contributed by atoms with Gasteiger partial charge in [-0.3, -0.25) is 9.59 Å². The monoisotopic (exact) mass is 259 g/mol. The number of benzene rings is 1. The van der Waals surface area contributed by atoms with Gasteiger partial charge >= 0.3 is 5.97 Å². The molecule has 0 aromatic heterocycles. The van der Waals surface area contributed by atoms with Gasteiger partial charge in [0.1, 0.15) is 5.92 Å². The standard InChI is InChI=1S/C14H13NO4/c16-13(15-8-4-2-1-3-5-8)11-9-6-7-10(19-9)12(11)14(17)18/h1-7,9-12H,(H,15,16)(H,17,18)/t9-,10-,11+,12-/m1/s1. The molecular formula is C14H13NO4. The molecule has 98 valence electrons. The quantitative estimate of drug-likeness (QED) is 0.802. The lowest BCUT2D eigenvalue weighted by atomic mass is 9.82. The molecule has 0 spiro atoms. The van der Waals surface area contributed by atoms with Gasteiger partial charge in [0.2, 0.25) is 5.91 Å². The summed E-state index contributed by atoms with van der Waals surface area (Å²) in [5, 5.41) is 12.0. The van der Waals surface area contributed by atoms with Crippen LogP contribution in [-0.2, 0) is 14.3 Å². The molecule has 0 saturated carbocycles. The van der Waals surface area contributed by atoms with Crippen molar-refractivity contribution in [3.05, 3.63) is 42.5 Å². The largest absolute Gasteiger partial charge is 0.481 e. The summed E-state index contributed by atoms with van der Waals surface area (Å²) >= 11 is 0. The molecule has 0 unspecified atom stereocenters. The first-order chi connectivity index (χ1) is 9.16. The maximum Gasteiger partial charge on any atom is 0.310 e. The number of aliphatic carboxylic acids is 1. The Morgan fingerprint density at radius 3 is 2.32 bits per heavy atom. The summed E-state index contributed by atoms with van der Waals surface area (Å²) < 4.78 is 5.46. The van der Waals surface area contributed by atoms with E-state index >= 15 is 0 Å². The lowest BCUT2D eigenvalue weighted by Gasteiger charge is -2.20. The molecule has 3 rings (SSSR count). The Morgan fingerprint density at radius 2 is 1.68 bits per heavy atom. The molecule has 1 saturated heterocycles. The van der Waals surface area contributed by atoms with Crippen LogP contribution >= 0.6 is 0 Å². The van der Waals surface area contributed by atoms with Crippen LogP contribution in [0.3, 0.4) is 0 Å². The van der Waals surface area contributed by atoms with Crippen molar-refractivity contribution >= 4 is 17.6 Å². The first-order valence-electron chi connectivity index (χ1n) is 6.09. The molecule has 1 fully saturated rings. The number of carboxylic acid groups (broad SMARTS) is 1. The molecule has 5 heteroatoms. The Labute approximate surface area is 109 Å². The zero-order valence-electron chi connectivity index (χ0n) is 10.0. The van der Waals surface area contributed by atoms with E-state index in [-0.39, 0.29) is 5.91 Å². The van der Waals surface area contributed by atoms with Crippen molar-refractivity contribution in [3.63, 3.8) is 0 Å². The molecule has 2 aliphatic heterocycles. The summed E-state index contributed by atoms with van der Waals surface area (Å²) in [5.74, 6) is -2.79. The third-order valence-corrected chi connectivity index (χ3v) is 3.53. The molecule has 1 aromatic rings. The van der Waals surface area contributed by atoms with Crippen LogP contribution in [-0.4, -0.2) is 29.2 Å². The minimum absolute atomic E-state index is 0.310. The van der Waals surface area contributed by atoms with Gasteiger partial charge in [0.05, 0.1) is 18.1 Å². The third-order valence-electron chi connectivity index (χ3n) is 3.53. The number of anilines is 1. The lowest BCUT2D eigenvalue weighted by Crippen LogP contribution is -2.39. The molecule has 1 amide bonds. The van der Waals surface area contributed by atoms with Crippen LogP contribution in [0.5, 0.6) is 0 Å². The van der Waals surface area contributed by atoms with Crippen LogP contribution in [0, 0.1) is 11.8 Å². The number of para-hydroxylation sites is 1. The van der Waals surface area contributed by atoms with Crippen LogP contribution in [0.2, 0.25) is 0 Å². The van der Waals surface area contributed by atoms with E-state index in [0.717, 1.165) is 0 Å². The number of carbonyl (C=O) groups is 2. The molecule has 2 bridgehead atoms. The fraction of sp³-hybridized carbons (Fsp3) is 0.286. The first-order valence-corrected chi connectivity index (χ1v) is 6.09. The second kappa shape index (κ2) is 4.51. The van der Waals surface area contributed by atoms with Gasteiger partial charge < -0.3 is 15.2 Å². The number of rotatable bonds is 3. The third kappa shape index (κ3) is 2.02. The second-order valence-electron chi connectivity index (χ2n) is 4.70. The molecule has 2 N–H and O–H groups in total. The van der Waals surface area contributed by atoms with Gasteiger partial charge in [-0.05, 0) is 12.1 Å². The molecule has 4 atom stereocenters. The Hall–Kier alpha value is -2.14. The summed E-state index contributed by atoms with van der Waals surface area (Å²) in [5.41, 5.74) is 0.656. The average molecular weight is 259 g/mol. The highest BCUT2D eigenvalue weighted by Gasteiger charge is 2.53. The van der Waals surface area contributed by atoms with E-state index in [1.54, 1.807) is 24.3 Å². The number of carbonyl (C=O) groups excluding carboxylic acids is 1. The summed E-state index contributed by atoms with van der Waals surface area (Å²) in [4.78, 5) is 23.5. The maximum absolute atomic E-state index is 12.2. The van der Waals surface area contributed by atoms with E-state index in [4.69, 9.17) is 4.74 Å². The Balaban J connectivity index is 1.79. The summed E-state index contributed by atoms with van der Waals surface area (Å²) in [7, 11) is 0. The number of amides is 1. The van der Waals surface area contributed by atoms with E-state index in [2.05, 4.69) is 5.32 Å². The Kier molecular flexibility index (Phi) is 2.83. The van der Waals surface area contributed by atoms with E-state index in [1.165, 1.54) is 0 Å². The van der Waals surface area contributed by atoms with Crippen LogP contribution in [0.25, 0.3) is 0 Å². The number of hydrogen-bond acceptors (Lipinski definition) is 3. The van der Waals surface area contributed by atoms with Crippen molar-refractivity contribution in [2.45, 2.75) is 12.2 Å². The van der Waals surface area contributed by atoms with Crippen molar-refractivity contribution in [2.75, 3.05) is 5.32 Å². The predicted molar refractivity (Wildman–Crippen MR) is 67.5 cm³/mol. The van der Waals surface area contributed by atoms with Crippen LogP contribution in [0.4, 0.5) is 5.69 Å². The fourth-order valence-corrected chi connectivity index (χ4v) is 2.66. The molecule has 19 heavy (non-hydrogen) atoms. The van der Waals surface area contributed by atoms with Gasteiger partial charge in [0, 0.05) is 5.69 Å². The predicted octanol–water partition coefficient (Wildman–Crippen LogP) is 1.28. The molecule has 5 nitrogen and oxygen atoms in total. The Morgan fingerprint density at radius 1 is 1.05 bits per heavy atom. The average Bonchev–Trinajstić information content (AvgIpc) is 2.99. The molecule has 0 aliphatic carbocycles. The molecule has 2 aliphatic rings. The number of carboxylic acids is 1. The summed E-state index contributed by atoms with van der Waals surface area (Å²) in [6.07, 6.45) is 2.55. The highest BCUT2D eigenvalue weighted by molar-refractivity contribution is 5.96. The maximum atomic E-state index is 12.2. The summed E-state index contributed by atoms with van der Waals surface area (Å²) in [6.45, 7) is 0. The van der Waals surface area contributed by atoms with E-state index < -0.39 is 30.0 Å². The minimum Gasteiger partial charge on any atom is -0.481 e. The minimum atomic E-state index is -0.995. The molecule has 0 radical (unpaired) electrons. The SMILES string of the molecule is O=C(Nc1ccccc1)[C@@H]1[C@H](C(=O)O)[C@H]2C=C[C@H]1O2. The number of hydrogen-bond donors (Lipinski definition) is 2. The zero-order chi connectivity index (χ0) is 13.4. The number of ether oxygens (including phenoxy) is 1. The van der Waals surface area contributed by atoms with Gasteiger partial charge in [-0.25, -0.2) is 0 Å². The molecular weight excluding hydrogens is 246 g/mol. The number of fused-ring (bicyclic) bond motifs is 2. The highest BCUT2D eigenvalue weighted by atomic mass is 16.5. The van der Waals surface area contributed by atoms with Gasteiger partial charge in [-0.2, -0.15) is 0 Å². The molecule has 2 heterocycles. The van der Waals surface area contributed by atoms with Crippen molar-refractivity contribution in [3.8, 4) is 0 Å². The van der Waals surface area contributed by atoms with Crippen LogP contribution < -0.4 is 5.32 Å². The van der Waals surface area contributed by atoms with E-state index in [0.29, 0.717) is 5.69 Å². The lowest BCUT2D eigenvalue weighted by molar-refractivity contribution is -0.145. The highest BCUT2D eigenvalue weighted by Crippen LogP contribution is 2.39. The first kappa shape index (κ1) is 11.9. The van der Waals surface area contributed by atoms with Crippen LogP contribution in [0.1, 0.15) is 0 Å². The Bertz CT molecular complexity index is 540. The number of nitrogens with one attached hydrogen (secondary N) is 1. The van der Waals surface area contributed by atoms with Crippen LogP contribution in [0.15, 0.2) is 42.5 Å². The van der Waals surface area contributed by atoms with Crippen molar-refractivity contribution in [1.29, 1.82) is 0 Å². The van der Waals surface area contributed by atoms with Crippen molar-refractivity contribution in [1.82, 2.24) is 0 Å². The van der Waals surface area contributed by atoms with Gasteiger partial charge in [-0.1, -0.05) is 30.4 Å².